The fraction of sp³-hybridized carbons (Fsp3) is 0.0851. The molecule has 0 amide bonds. The predicted molar refractivity (Wildman–Crippen MR) is 221 cm³/mol. The normalized spacial score (nSPS) is 14.8. The van der Waals surface area contributed by atoms with E-state index in [0.717, 1.165) is 22.2 Å². The first-order valence-electron chi connectivity index (χ1n) is 19.2. The van der Waals surface area contributed by atoms with Gasteiger partial charge in [-0.3, -0.25) is 8.97 Å². The van der Waals surface area contributed by atoms with Crippen molar-refractivity contribution in [2.45, 2.75) is 35.9 Å². The van der Waals surface area contributed by atoms with Gasteiger partial charge in [-0.25, -0.2) is 4.98 Å². The van der Waals surface area contributed by atoms with Crippen molar-refractivity contribution in [1.82, 2.24) is 14.0 Å². The van der Waals surface area contributed by atoms with Crippen LogP contribution in [0.2, 0.25) is 0 Å². The van der Waals surface area contributed by atoms with E-state index in [1.165, 1.54) is 41.7 Å². The molecule has 3 nitrogen and oxygen atoms in total. The summed E-state index contributed by atoms with van der Waals surface area (Å²) in [7, 11) is -3.04. The van der Waals surface area contributed by atoms with Gasteiger partial charge in [-0.1, -0.05) is 159 Å². The highest BCUT2D eigenvalue weighted by Gasteiger charge is 2.46. The van der Waals surface area contributed by atoms with Crippen molar-refractivity contribution in [2.24, 2.45) is 0 Å². The van der Waals surface area contributed by atoms with Gasteiger partial charge in [0.1, 0.15) is 0 Å². The van der Waals surface area contributed by atoms with Gasteiger partial charge < -0.3 is 0 Å². The van der Waals surface area contributed by atoms with E-state index in [0.29, 0.717) is 11.3 Å². The second-order valence-corrected chi connectivity index (χ2v) is 19.0. The van der Waals surface area contributed by atoms with E-state index in [4.69, 9.17) is 9.10 Å². The Morgan fingerprint density at radius 3 is 1.98 bits per heavy atom. The lowest BCUT2D eigenvalue weighted by molar-refractivity contribution is 0.608. The monoisotopic (exact) mass is 706 g/mol. The molecule has 0 aliphatic carbocycles. The number of imidazole rings is 2. The molecule has 0 spiro atoms. The van der Waals surface area contributed by atoms with Gasteiger partial charge in [0.2, 0.25) is 5.78 Å². The number of rotatable bonds is 5. The third kappa shape index (κ3) is 4.36. The molecule has 2 aromatic heterocycles. The van der Waals surface area contributed by atoms with Crippen LogP contribution in [-0.2, 0) is 5.41 Å². The highest BCUT2D eigenvalue weighted by atomic mass is 32.2. The number of fused-ring (bicyclic) bond motifs is 7. The summed E-state index contributed by atoms with van der Waals surface area (Å²) in [6.45, 7) is 2.42. The van der Waals surface area contributed by atoms with E-state index in [1.54, 1.807) is 6.07 Å². The SMILES string of the molecule is [2H]C([2H])([2H])c1cccc2c1nc1n(-c3cccc([Si](c4ccccc4)(c4ccccc4)c4cccc5c4Sc4ccccc4C5(C)C)c3)c3ccccc3n21. The van der Waals surface area contributed by atoms with Crippen LogP contribution in [0.3, 0.4) is 0 Å². The Morgan fingerprint density at radius 1 is 0.596 bits per heavy atom. The molecule has 0 saturated heterocycles. The molecule has 10 rings (SSSR count). The molecule has 250 valence electrons. The standard InChI is InChI=1S/C47H37N3SSi/c1-32-17-14-28-41-44(32)48-46-49(39-26-11-12-27-40(39)50(41)46)33-18-15-23-36(31-33)52(34-19-6-4-7-20-34,35-21-8-5-9-22-35)43-30-16-25-38-45(43)51-42-29-13-10-24-37(42)47(38,2)3/h4-31H,1-3H3/i1D3. The van der Waals surface area contributed by atoms with E-state index < -0.39 is 14.9 Å². The topological polar surface area (TPSA) is 22.2 Å². The number of para-hydroxylation sites is 3. The maximum atomic E-state index is 8.32. The molecule has 1 aliphatic rings. The smallest absolute Gasteiger partial charge is 0.220 e. The minimum atomic E-state index is -3.04. The highest BCUT2D eigenvalue weighted by Crippen LogP contribution is 2.48. The molecule has 3 heterocycles. The van der Waals surface area contributed by atoms with Crippen molar-refractivity contribution < 1.29 is 4.11 Å². The Morgan fingerprint density at radius 2 is 1.21 bits per heavy atom. The first kappa shape index (κ1) is 28.0. The maximum Gasteiger partial charge on any atom is 0.220 e. The molecule has 0 N–H and O–H groups in total. The summed E-state index contributed by atoms with van der Waals surface area (Å²) in [5.41, 5.74) is 7.00. The van der Waals surface area contributed by atoms with Crippen LogP contribution in [0.5, 0.6) is 0 Å². The first-order chi connectivity index (χ1) is 26.7. The van der Waals surface area contributed by atoms with Crippen LogP contribution < -0.4 is 20.7 Å². The average molecular weight is 707 g/mol. The van der Waals surface area contributed by atoms with Gasteiger partial charge in [-0.15, -0.1) is 0 Å². The Kier molecular flexibility index (Phi) is 6.31. The lowest BCUT2D eigenvalue weighted by Crippen LogP contribution is -2.75. The van der Waals surface area contributed by atoms with Crippen LogP contribution in [0.4, 0.5) is 0 Å². The summed E-state index contributed by atoms with van der Waals surface area (Å²) in [6, 6.07) is 60.8. The van der Waals surface area contributed by atoms with Crippen LogP contribution in [0.15, 0.2) is 180 Å². The molecular formula is C47H37N3SSi. The van der Waals surface area contributed by atoms with Gasteiger partial charge in [-0.05, 0) is 80.7 Å². The lowest BCUT2D eigenvalue weighted by atomic mass is 9.78. The molecule has 0 radical (unpaired) electrons. The summed E-state index contributed by atoms with van der Waals surface area (Å²) in [5, 5.41) is 5.23. The van der Waals surface area contributed by atoms with E-state index in [-0.39, 0.29) is 11.0 Å². The molecule has 9 aromatic rings. The third-order valence-electron chi connectivity index (χ3n) is 11.0. The van der Waals surface area contributed by atoms with Crippen molar-refractivity contribution in [1.29, 1.82) is 0 Å². The summed E-state index contributed by atoms with van der Waals surface area (Å²) in [4.78, 5) is 7.77. The molecule has 0 fully saturated rings. The Labute approximate surface area is 313 Å². The third-order valence-corrected chi connectivity index (χ3v) is 17.2. The van der Waals surface area contributed by atoms with Crippen molar-refractivity contribution in [3.8, 4) is 5.69 Å². The van der Waals surface area contributed by atoms with E-state index in [1.807, 2.05) is 30.0 Å². The summed E-state index contributed by atoms with van der Waals surface area (Å²) in [5.74, 6) is 0.683. The average Bonchev–Trinajstić information content (AvgIpc) is 3.74. The molecule has 52 heavy (non-hydrogen) atoms. The number of aromatic nitrogens is 3. The zero-order valence-corrected chi connectivity index (χ0v) is 30.7. The van der Waals surface area contributed by atoms with E-state index in [2.05, 4.69) is 168 Å². The molecule has 0 atom stereocenters. The zero-order valence-electron chi connectivity index (χ0n) is 31.9. The highest BCUT2D eigenvalue weighted by molar-refractivity contribution is 7.99. The summed E-state index contributed by atoms with van der Waals surface area (Å²) in [6.07, 6.45) is 0. The molecule has 0 unspecified atom stereocenters. The van der Waals surface area contributed by atoms with Crippen LogP contribution >= 0.6 is 11.8 Å². The Bertz CT molecular complexity index is 2890. The molecule has 0 saturated carbocycles. The van der Waals surface area contributed by atoms with Crippen molar-refractivity contribution >= 4 is 68.4 Å². The van der Waals surface area contributed by atoms with E-state index in [9.17, 15) is 0 Å². The molecule has 7 aromatic carbocycles. The van der Waals surface area contributed by atoms with Crippen molar-refractivity contribution in [2.75, 3.05) is 0 Å². The van der Waals surface area contributed by atoms with Gasteiger partial charge in [0.05, 0.1) is 22.1 Å². The van der Waals surface area contributed by atoms with Crippen LogP contribution in [0, 0.1) is 6.85 Å². The lowest BCUT2D eigenvalue weighted by Gasteiger charge is -2.40. The summed E-state index contributed by atoms with van der Waals surface area (Å²) >= 11 is 1.90. The van der Waals surface area contributed by atoms with Gasteiger partial charge in [0.15, 0.2) is 8.07 Å². The molecule has 0 bridgehead atoms. The van der Waals surface area contributed by atoms with Gasteiger partial charge in [0.25, 0.3) is 0 Å². The predicted octanol–water partition coefficient (Wildman–Crippen LogP) is 8.91. The van der Waals surface area contributed by atoms with Gasteiger partial charge in [0, 0.05) is 25.0 Å². The number of hydrogen-bond acceptors (Lipinski definition) is 2. The molecular weight excluding hydrogens is 667 g/mol. The molecule has 5 heteroatoms. The Hall–Kier alpha value is -5.62. The summed E-state index contributed by atoms with van der Waals surface area (Å²) < 4.78 is 29.3. The first-order valence-corrected chi connectivity index (χ1v) is 20.5. The fourth-order valence-electron chi connectivity index (χ4n) is 8.66. The number of benzene rings is 7. The van der Waals surface area contributed by atoms with Gasteiger partial charge >= 0.3 is 0 Å². The largest absolute Gasteiger partial charge is 0.278 e. The van der Waals surface area contributed by atoms with Gasteiger partial charge in [-0.2, -0.15) is 0 Å². The van der Waals surface area contributed by atoms with Crippen LogP contribution in [-0.4, -0.2) is 22.0 Å². The minimum Gasteiger partial charge on any atom is -0.278 e. The Balaban J connectivity index is 1.30. The number of hydrogen-bond donors (Lipinski definition) is 0. The minimum absolute atomic E-state index is 0.186. The molecule has 1 aliphatic heterocycles. The van der Waals surface area contributed by atoms with Crippen LogP contribution in [0.25, 0.3) is 33.5 Å². The van der Waals surface area contributed by atoms with Crippen molar-refractivity contribution in [3.05, 3.63) is 187 Å². The fourth-order valence-corrected chi connectivity index (χ4v) is 15.5. The van der Waals surface area contributed by atoms with Crippen LogP contribution in [0.1, 0.15) is 34.7 Å². The maximum absolute atomic E-state index is 8.32. The number of aryl methyl sites for hydroxylation is 1. The zero-order chi connectivity index (χ0) is 37.5. The quantitative estimate of drug-likeness (QED) is 0.132. The van der Waals surface area contributed by atoms with Crippen molar-refractivity contribution in [3.63, 3.8) is 0 Å². The second-order valence-electron chi connectivity index (χ2n) is 14.2. The van der Waals surface area contributed by atoms with E-state index >= 15 is 0 Å². The number of nitrogens with zero attached hydrogens (tertiary/aromatic N) is 3. The second kappa shape index (κ2) is 11.7.